The molecule has 6 nitrogen and oxygen atoms in total. The Bertz CT molecular complexity index is 840. The standard InChI is InChI=1S/C21H23N3O3/c1-23-11-12-24(17(14-23)15-7-3-2-4-8-15)20(25)13-19-21(26)22-16-9-5-6-10-18(16)27-19/h2-10,17,19H,11-14H2,1H3,(H,22,26). The summed E-state index contributed by atoms with van der Waals surface area (Å²) >= 11 is 0. The molecule has 1 N–H and O–H groups in total. The lowest BCUT2D eigenvalue weighted by molar-refractivity contribution is -0.141. The van der Waals surface area contributed by atoms with Gasteiger partial charge < -0.3 is 19.9 Å². The van der Waals surface area contributed by atoms with Crippen molar-refractivity contribution in [2.75, 3.05) is 32.0 Å². The van der Waals surface area contributed by atoms with E-state index in [0.717, 1.165) is 18.7 Å². The molecular weight excluding hydrogens is 342 g/mol. The second-order valence-corrected chi connectivity index (χ2v) is 7.07. The van der Waals surface area contributed by atoms with Crippen LogP contribution < -0.4 is 10.1 Å². The van der Waals surface area contributed by atoms with Gasteiger partial charge in [-0.2, -0.15) is 0 Å². The summed E-state index contributed by atoms with van der Waals surface area (Å²) in [5.41, 5.74) is 1.75. The second-order valence-electron chi connectivity index (χ2n) is 7.07. The van der Waals surface area contributed by atoms with Crippen LogP contribution in [0.15, 0.2) is 54.6 Å². The van der Waals surface area contributed by atoms with Crippen LogP contribution in [0.4, 0.5) is 5.69 Å². The van der Waals surface area contributed by atoms with Crippen molar-refractivity contribution in [3.05, 3.63) is 60.2 Å². The zero-order valence-electron chi connectivity index (χ0n) is 15.3. The Morgan fingerprint density at radius 3 is 2.67 bits per heavy atom. The summed E-state index contributed by atoms with van der Waals surface area (Å²) < 4.78 is 5.80. The van der Waals surface area contributed by atoms with E-state index in [1.54, 1.807) is 12.1 Å². The maximum Gasteiger partial charge on any atom is 0.266 e. The van der Waals surface area contributed by atoms with Gasteiger partial charge in [0.25, 0.3) is 5.91 Å². The van der Waals surface area contributed by atoms with Crippen molar-refractivity contribution >= 4 is 17.5 Å². The summed E-state index contributed by atoms with van der Waals surface area (Å²) in [6, 6.07) is 17.3. The lowest BCUT2D eigenvalue weighted by Gasteiger charge is -2.41. The van der Waals surface area contributed by atoms with Gasteiger partial charge in [-0.15, -0.1) is 0 Å². The van der Waals surface area contributed by atoms with Crippen LogP contribution in [0, 0.1) is 0 Å². The third kappa shape index (κ3) is 3.66. The average molecular weight is 365 g/mol. The van der Waals surface area contributed by atoms with E-state index in [-0.39, 0.29) is 24.3 Å². The minimum Gasteiger partial charge on any atom is -0.478 e. The van der Waals surface area contributed by atoms with E-state index in [1.807, 2.05) is 47.4 Å². The molecule has 0 radical (unpaired) electrons. The quantitative estimate of drug-likeness (QED) is 0.907. The van der Waals surface area contributed by atoms with Gasteiger partial charge in [0.05, 0.1) is 18.2 Å². The predicted molar refractivity (Wildman–Crippen MR) is 102 cm³/mol. The Morgan fingerprint density at radius 1 is 1.11 bits per heavy atom. The first kappa shape index (κ1) is 17.5. The first-order chi connectivity index (χ1) is 13.1. The smallest absolute Gasteiger partial charge is 0.266 e. The summed E-state index contributed by atoms with van der Waals surface area (Å²) in [7, 11) is 2.06. The topological polar surface area (TPSA) is 61.9 Å². The second kappa shape index (κ2) is 7.40. The van der Waals surface area contributed by atoms with Gasteiger partial charge in [0.15, 0.2) is 6.10 Å². The highest BCUT2D eigenvalue weighted by Crippen LogP contribution is 2.31. The van der Waals surface area contributed by atoms with Crippen LogP contribution in [0.5, 0.6) is 5.75 Å². The van der Waals surface area contributed by atoms with Crippen molar-refractivity contribution < 1.29 is 14.3 Å². The van der Waals surface area contributed by atoms with E-state index in [0.29, 0.717) is 18.0 Å². The van der Waals surface area contributed by atoms with Crippen molar-refractivity contribution in [3.8, 4) is 5.75 Å². The average Bonchev–Trinajstić information content (AvgIpc) is 2.69. The summed E-state index contributed by atoms with van der Waals surface area (Å²) in [5.74, 6) is 0.275. The molecule has 2 unspecified atom stereocenters. The highest BCUT2D eigenvalue weighted by atomic mass is 16.5. The normalized spacial score (nSPS) is 22.6. The van der Waals surface area contributed by atoms with E-state index in [9.17, 15) is 9.59 Å². The van der Waals surface area contributed by atoms with E-state index >= 15 is 0 Å². The number of carbonyl (C=O) groups excluding carboxylic acids is 2. The molecule has 2 heterocycles. The zero-order valence-corrected chi connectivity index (χ0v) is 15.3. The molecule has 6 heteroatoms. The number of piperazine rings is 1. The van der Waals surface area contributed by atoms with E-state index in [1.165, 1.54) is 0 Å². The van der Waals surface area contributed by atoms with Crippen molar-refractivity contribution in [3.63, 3.8) is 0 Å². The summed E-state index contributed by atoms with van der Waals surface area (Å²) in [6.45, 7) is 2.23. The Morgan fingerprint density at radius 2 is 1.85 bits per heavy atom. The molecule has 2 amide bonds. The molecule has 2 aromatic carbocycles. The molecule has 0 spiro atoms. The molecule has 140 valence electrons. The fourth-order valence-corrected chi connectivity index (χ4v) is 3.68. The maximum atomic E-state index is 13.1. The van der Waals surface area contributed by atoms with Crippen LogP contribution in [0.1, 0.15) is 18.0 Å². The number of benzene rings is 2. The number of likely N-dealkylation sites (N-methyl/N-ethyl adjacent to an activating group) is 1. The zero-order chi connectivity index (χ0) is 18.8. The first-order valence-electron chi connectivity index (χ1n) is 9.21. The van der Waals surface area contributed by atoms with Gasteiger partial charge in [0.2, 0.25) is 5.91 Å². The van der Waals surface area contributed by atoms with Crippen LogP contribution in [-0.2, 0) is 9.59 Å². The molecular formula is C21H23N3O3. The number of nitrogens with one attached hydrogen (secondary N) is 1. The molecule has 2 atom stereocenters. The van der Waals surface area contributed by atoms with Gasteiger partial charge in [0, 0.05) is 19.6 Å². The molecule has 27 heavy (non-hydrogen) atoms. The number of carbonyl (C=O) groups is 2. The Balaban J connectivity index is 1.50. The number of anilines is 1. The molecule has 0 bridgehead atoms. The predicted octanol–water partition coefficient (Wildman–Crippen LogP) is 2.29. The molecule has 1 saturated heterocycles. The molecule has 0 aliphatic carbocycles. The number of fused-ring (bicyclic) bond motifs is 1. The van der Waals surface area contributed by atoms with Crippen LogP contribution in [0.25, 0.3) is 0 Å². The Hall–Kier alpha value is -2.86. The Labute approximate surface area is 158 Å². The number of ether oxygens (including phenoxy) is 1. The largest absolute Gasteiger partial charge is 0.478 e. The molecule has 0 saturated carbocycles. The number of nitrogens with zero attached hydrogens (tertiary/aromatic N) is 2. The lowest BCUT2D eigenvalue weighted by atomic mass is 10.0. The van der Waals surface area contributed by atoms with Crippen molar-refractivity contribution in [1.29, 1.82) is 0 Å². The number of hydrogen-bond donors (Lipinski definition) is 1. The maximum absolute atomic E-state index is 13.1. The fraction of sp³-hybridized carbons (Fsp3) is 0.333. The van der Waals surface area contributed by atoms with Crippen molar-refractivity contribution in [2.24, 2.45) is 0 Å². The summed E-state index contributed by atoms with van der Waals surface area (Å²) in [4.78, 5) is 29.5. The minimum atomic E-state index is -0.802. The third-order valence-corrected chi connectivity index (χ3v) is 5.15. The molecule has 4 rings (SSSR count). The summed E-state index contributed by atoms with van der Waals surface area (Å²) in [5, 5.41) is 2.83. The summed E-state index contributed by atoms with van der Waals surface area (Å²) in [6.07, 6.45) is -0.767. The monoisotopic (exact) mass is 365 g/mol. The molecule has 2 aliphatic rings. The van der Waals surface area contributed by atoms with Gasteiger partial charge in [-0.1, -0.05) is 42.5 Å². The van der Waals surface area contributed by atoms with Gasteiger partial charge >= 0.3 is 0 Å². The number of para-hydroxylation sites is 2. The van der Waals surface area contributed by atoms with Crippen LogP contribution in [0.3, 0.4) is 0 Å². The molecule has 0 aromatic heterocycles. The van der Waals surface area contributed by atoms with Crippen molar-refractivity contribution in [2.45, 2.75) is 18.6 Å². The van der Waals surface area contributed by atoms with Gasteiger partial charge in [-0.3, -0.25) is 9.59 Å². The Kier molecular flexibility index (Phi) is 4.81. The van der Waals surface area contributed by atoms with E-state index < -0.39 is 6.10 Å². The van der Waals surface area contributed by atoms with Gasteiger partial charge in [0.1, 0.15) is 5.75 Å². The van der Waals surface area contributed by atoms with Gasteiger partial charge in [-0.05, 0) is 24.7 Å². The van der Waals surface area contributed by atoms with Gasteiger partial charge in [-0.25, -0.2) is 0 Å². The first-order valence-corrected chi connectivity index (χ1v) is 9.21. The minimum absolute atomic E-state index is 0.0172. The SMILES string of the molecule is CN1CCN(C(=O)CC2Oc3ccccc3NC2=O)C(c2ccccc2)C1. The van der Waals surface area contributed by atoms with E-state index in [4.69, 9.17) is 4.74 Å². The van der Waals surface area contributed by atoms with Crippen LogP contribution in [-0.4, -0.2) is 54.4 Å². The van der Waals surface area contributed by atoms with E-state index in [2.05, 4.69) is 17.3 Å². The molecule has 1 fully saturated rings. The number of amides is 2. The fourth-order valence-electron chi connectivity index (χ4n) is 3.68. The van der Waals surface area contributed by atoms with Crippen LogP contribution >= 0.6 is 0 Å². The highest BCUT2D eigenvalue weighted by Gasteiger charge is 2.35. The van der Waals surface area contributed by atoms with Crippen molar-refractivity contribution in [1.82, 2.24) is 9.80 Å². The lowest BCUT2D eigenvalue weighted by Crippen LogP contribution is -2.51. The highest BCUT2D eigenvalue weighted by molar-refractivity contribution is 6.00. The molecule has 2 aliphatic heterocycles. The number of rotatable bonds is 3. The number of hydrogen-bond acceptors (Lipinski definition) is 4. The van der Waals surface area contributed by atoms with Crippen LogP contribution in [0.2, 0.25) is 0 Å². The third-order valence-electron chi connectivity index (χ3n) is 5.15. The molecule has 2 aromatic rings.